The first-order valence-corrected chi connectivity index (χ1v) is 10.7. The summed E-state index contributed by atoms with van der Waals surface area (Å²) in [5.74, 6) is 0.0126. The van der Waals surface area contributed by atoms with Crippen molar-refractivity contribution in [1.82, 2.24) is 10.2 Å². The second-order valence-electron chi connectivity index (χ2n) is 7.26. The van der Waals surface area contributed by atoms with Crippen LogP contribution in [0.3, 0.4) is 0 Å². The third-order valence-corrected chi connectivity index (χ3v) is 5.11. The maximum atomic E-state index is 13.1. The van der Waals surface area contributed by atoms with E-state index in [0.717, 1.165) is 17.5 Å². The zero-order chi connectivity index (χ0) is 22.2. The number of hydrogen-bond donors (Lipinski definition) is 1. The molecule has 0 saturated heterocycles. The van der Waals surface area contributed by atoms with Crippen molar-refractivity contribution in [2.24, 2.45) is 0 Å². The SMILES string of the molecule is CCOC(=O)c1c(NCCc2ccccc2)nnc(-c2ccccc2)c1-c1ccccc1. The van der Waals surface area contributed by atoms with E-state index in [1.54, 1.807) is 6.92 Å². The number of hydrogen-bond acceptors (Lipinski definition) is 5. The van der Waals surface area contributed by atoms with Gasteiger partial charge in [0.05, 0.1) is 6.61 Å². The molecule has 32 heavy (non-hydrogen) atoms. The van der Waals surface area contributed by atoms with Crippen molar-refractivity contribution in [2.75, 3.05) is 18.5 Å². The monoisotopic (exact) mass is 423 g/mol. The Morgan fingerprint density at radius 1 is 0.812 bits per heavy atom. The molecule has 0 spiro atoms. The summed E-state index contributed by atoms with van der Waals surface area (Å²) in [5.41, 5.74) is 4.74. The Kier molecular flexibility index (Phi) is 6.88. The number of nitrogens with one attached hydrogen (secondary N) is 1. The molecule has 1 aromatic heterocycles. The minimum atomic E-state index is -0.416. The van der Waals surface area contributed by atoms with E-state index in [4.69, 9.17) is 4.74 Å². The Morgan fingerprint density at radius 3 is 2.03 bits per heavy atom. The molecule has 3 aromatic carbocycles. The summed E-state index contributed by atoms with van der Waals surface area (Å²) in [7, 11) is 0. The quantitative estimate of drug-likeness (QED) is 0.372. The minimum absolute atomic E-state index is 0.277. The van der Waals surface area contributed by atoms with Gasteiger partial charge < -0.3 is 10.1 Å². The number of ether oxygens (including phenoxy) is 1. The van der Waals surface area contributed by atoms with Crippen LogP contribution in [0.1, 0.15) is 22.8 Å². The Labute approximate surface area is 188 Å². The van der Waals surface area contributed by atoms with Crippen LogP contribution in [0.4, 0.5) is 5.82 Å². The van der Waals surface area contributed by atoms with E-state index in [-0.39, 0.29) is 6.61 Å². The topological polar surface area (TPSA) is 64.1 Å². The van der Waals surface area contributed by atoms with Gasteiger partial charge in [-0.25, -0.2) is 4.79 Å². The highest BCUT2D eigenvalue weighted by atomic mass is 16.5. The fourth-order valence-electron chi connectivity index (χ4n) is 3.62. The average molecular weight is 424 g/mol. The smallest absolute Gasteiger partial charge is 0.342 e. The summed E-state index contributed by atoms with van der Waals surface area (Å²) in [6, 6.07) is 29.7. The molecule has 4 aromatic rings. The number of nitrogens with zero attached hydrogens (tertiary/aromatic N) is 2. The van der Waals surface area contributed by atoms with Gasteiger partial charge in [-0.2, -0.15) is 0 Å². The molecule has 1 N–H and O–H groups in total. The number of esters is 1. The molecule has 160 valence electrons. The molecule has 0 fully saturated rings. The van der Waals surface area contributed by atoms with Crippen molar-refractivity contribution >= 4 is 11.8 Å². The van der Waals surface area contributed by atoms with Gasteiger partial charge in [0, 0.05) is 17.7 Å². The first kappa shape index (κ1) is 21.2. The summed E-state index contributed by atoms with van der Waals surface area (Å²) < 4.78 is 5.44. The maximum absolute atomic E-state index is 13.1. The van der Waals surface area contributed by atoms with Crippen LogP contribution in [-0.2, 0) is 11.2 Å². The van der Waals surface area contributed by atoms with Crippen LogP contribution >= 0.6 is 0 Å². The van der Waals surface area contributed by atoms with Crippen LogP contribution in [0.2, 0.25) is 0 Å². The molecule has 0 aliphatic carbocycles. The van der Waals surface area contributed by atoms with Crippen molar-refractivity contribution < 1.29 is 9.53 Å². The van der Waals surface area contributed by atoms with E-state index < -0.39 is 5.97 Å². The lowest BCUT2D eigenvalue weighted by Gasteiger charge is -2.17. The fraction of sp³-hybridized carbons (Fsp3) is 0.148. The van der Waals surface area contributed by atoms with Gasteiger partial charge in [0.1, 0.15) is 11.3 Å². The molecule has 0 unspecified atom stereocenters. The Hall–Kier alpha value is -3.99. The number of benzene rings is 3. The van der Waals surface area contributed by atoms with Gasteiger partial charge >= 0.3 is 5.97 Å². The van der Waals surface area contributed by atoms with Gasteiger partial charge in [-0.15, -0.1) is 10.2 Å². The van der Waals surface area contributed by atoms with E-state index in [1.165, 1.54) is 5.56 Å². The molecule has 0 bridgehead atoms. The molecule has 5 nitrogen and oxygen atoms in total. The molecule has 0 amide bonds. The summed E-state index contributed by atoms with van der Waals surface area (Å²) >= 11 is 0. The highest BCUT2D eigenvalue weighted by Crippen LogP contribution is 2.36. The standard InChI is InChI=1S/C27H25N3O2/c1-2-32-27(31)24-23(21-14-8-4-9-15-21)25(22-16-10-5-11-17-22)29-30-26(24)28-19-18-20-12-6-3-7-13-20/h3-17H,2,18-19H2,1H3,(H,28,30). The summed E-state index contributed by atoms with van der Waals surface area (Å²) in [5, 5.41) is 12.3. The van der Waals surface area contributed by atoms with Gasteiger partial charge in [-0.1, -0.05) is 91.0 Å². The van der Waals surface area contributed by atoms with Gasteiger partial charge in [-0.05, 0) is 24.5 Å². The van der Waals surface area contributed by atoms with Gasteiger partial charge in [0.2, 0.25) is 0 Å². The van der Waals surface area contributed by atoms with Crippen LogP contribution in [0, 0.1) is 0 Å². The van der Waals surface area contributed by atoms with Crippen molar-refractivity contribution in [3.05, 3.63) is 102 Å². The Balaban J connectivity index is 1.80. The highest BCUT2D eigenvalue weighted by molar-refractivity contribution is 6.05. The van der Waals surface area contributed by atoms with Gasteiger partial charge in [-0.3, -0.25) is 0 Å². The number of carbonyl (C=O) groups is 1. The van der Waals surface area contributed by atoms with Crippen molar-refractivity contribution in [1.29, 1.82) is 0 Å². The molecule has 0 atom stereocenters. The van der Waals surface area contributed by atoms with E-state index in [1.807, 2.05) is 78.9 Å². The van der Waals surface area contributed by atoms with Crippen molar-refractivity contribution in [3.8, 4) is 22.4 Å². The first-order valence-electron chi connectivity index (χ1n) is 10.7. The fourth-order valence-corrected chi connectivity index (χ4v) is 3.62. The first-order chi connectivity index (χ1) is 15.8. The summed E-state index contributed by atoms with van der Waals surface area (Å²) in [4.78, 5) is 13.1. The average Bonchev–Trinajstić information content (AvgIpc) is 2.85. The van der Waals surface area contributed by atoms with Crippen LogP contribution in [0.15, 0.2) is 91.0 Å². The van der Waals surface area contributed by atoms with Crippen LogP contribution < -0.4 is 5.32 Å². The molecule has 4 rings (SSSR count). The molecule has 5 heteroatoms. The predicted octanol–water partition coefficient (Wildman–Crippen LogP) is 5.64. The summed E-state index contributed by atoms with van der Waals surface area (Å²) in [6.45, 7) is 2.69. The van der Waals surface area contributed by atoms with Crippen LogP contribution in [0.25, 0.3) is 22.4 Å². The largest absolute Gasteiger partial charge is 0.462 e. The second-order valence-corrected chi connectivity index (χ2v) is 7.26. The molecule has 0 aliphatic heterocycles. The lowest BCUT2D eigenvalue weighted by atomic mass is 9.95. The molecular formula is C27H25N3O2. The van der Waals surface area contributed by atoms with E-state index >= 15 is 0 Å². The van der Waals surface area contributed by atoms with E-state index in [0.29, 0.717) is 29.2 Å². The van der Waals surface area contributed by atoms with Crippen LogP contribution in [0.5, 0.6) is 0 Å². The predicted molar refractivity (Wildman–Crippen MR) is 127 cm³/mol. The molecule has 0 saturated carbocycles. The second kappa shape index (κ2) is 10.4. The lowest BCUT2D eigenvalue weighted by molar-refractivity contribution is 0.0528. The zero-order valence-electron chi connectivity index (χ0n) is 18.0. The van der Waals surface area contributed by atoms with Crippen LogP contribution in [-0.4, -0.2) is 29.3 Å². The Bertz CT molecular complexity index is 1160. The zero-order valence-corrected chi connectivity index (χ0v) is 18.0. The molecular weight excluding hydrogens is 398 g/mol. The van der Waals surface area contributed by atoms with Crippen molar-refractivity contribution in [2.45, 2.75) is 13.3 Å². The maximum Gasteiger partial charge on any atom is 0.342 e. The van der Waals surface area contributed by atoms with E-state index in [9.17, 15) is 4.79 Å². The third kappa shape index (κ3) is 4.83. The number of anilines is 1. The number of carbonyl (C=O) groups excluding carboxylic acids is 1. The van der Waals surface area contributed by atoms with Gasteiger partial charge in [0.15, 0.2) is 5.82 Å². The van der Waals surface area contributed by atoms with E-state index in [2.05, 4.69) is 27.6 Å². The van der Waals surface area contributed by atoms with Crippen molar-refractivity contribution in [3.63, 3.8) is 0 Å². The molecule has 1 heterocycles. The molecule has 0 radical (unpaired) electrons. The Morgan fingerprint density at radius 2 is 1.41 bits per heavy atom. The summed E-state index contributed by atoms with van der Waals surface area (Å²) in [6.07, 6.45) is 0.798. The minimum Gasteiger partial charge on any atom is -0.462 e. The molecule has 0 aliphatic rings. The normalized spacial score (nSPS) is 10.5. The number of aromatic nitrogens is 2. The number of rotatable bonds is 8. The highest BCUT2D eigenvalue weighted by Gasteiger charge is 2.25. The third-order valence-electron chi connectivity index (χ3n) is 5.11. The lowest BCUT2D eigenvalue weighted by Crippen LogP contribution is -2.16. The van der Waals surface area contributed by atoms with Gasteiger partial charge in [0.25, 0.3) is 0 Å².